The van der Waals surface area contributed by atoms with Crippen molar-refractivity contribution in [1.82, 2.24) is 14.5 Å². The first kappa shape index (κ1) is 10.4. The average molecular weight is 230 g/mol. The molecule has 1 aliphatic rings. The van der Waals surface area contributed by atoms with Crippen LogP contribution in [0.15, 0.2) is 4.90 Å². The van der Waals surface area contributed by atoms with Gasteiger partial charge in [0.1, 0.15) is 4.90 Å². The van der Waals surface area contributed by atoms with Gasteiger partial charge < -0.3 is 5.73 Å². The van der Waals surface area contributed by atoms with Gasteiger partial charge in [0.05, 0.1) is 5.69 Å². The normalized spacial score (nSPS) is 16.9. The van der Waals surface area contributed by atoms with Crippen LogP contribution in [0.5, 0.6) is 0 Å². The number of anilines is 1. The number of nitrogens with zero attached hydrogens (tertiary/aromatic N) is 2. The monoisotopic (exact) mass is 230 g/mol. The van der Waals surface area contributed by atoms with E-state index in [0.29, 0.717) is 5.69 Å². The van der Waals surface area contributed by atoms with Crippen molar-refractivity contribution in [2.75, 3.05) is 5.73 Å². The van der Waals surface area contributed by atoms with Gasteiger partial charge in [0, 0.05) is 13.1 Å². The molecule has 0 amide bonds. The summed E-state index contributed by atoms with van der Waals surface area (Å²) in [4.78, 5) is 0.108. The maximum atomic E-state index is 11.9. The fraction of sp³-hybridized carbons (Fsp3) is 0.625. The summed E-state index contributed by atoms with van der Waals surface area (Å²) >= 11 is 0. The lowest BCUT2D eigenvalue weighted by atomic mass is 10.5. The van der Waals surface area contributed by atoms with Gasteiger partial charge in [0.25, 0.3) is 0 Å². The highest BCUT2D eigenvalue weighted by atomic mass is 32.2. The number of sulfonamides is 1. The van der Waals surface area contributed by atoms with Crippen LogP contribution in [0.25, 0.3) is 0 Å². The van der Waals surface area contributed by atoms with Crippen LogP contribution in [0.1, 0.15) is 18.5 Å². The summed E-state index contributed by atoms with van der Waals surface area (Å²) in [5.74, 6) is 0.0585. The summed E-state index contributed by atoms with van der Waals surface area (Å²) in [5, 5.41) is 3.88. The zero-order chi connectivity index (χ0) is 11.2. The number of rotatable bonds is 3. The highest BCUT2D eigenvalue weighted by Gasteiger charge is 2.31. The van der Waals surface area contributed by atoms with Gasteiger partial charge in [-0.25, -0.2) is 13.1 Å². The van der Waals surface area contributed by atoms with E-state index in [1.54, 1.807) is 14.0 Å². The number of hydrogen-bond acceptors (Lipinski definition) is 4. The molecular weight excluding hydrogens is 216 g/mol. The van der Waals surface area contributed by atoms with Gasteiger partial charge in [-0.1, -0.05) is 0 Å². The average Bonchev–Trinajstić information content (AvgIpc) is 2.81. The zero-order valence-corrected chi connectivity index (χ0v) is 9.50. The fourth-order valence-electron chi connectivity index (χ4n) is 1.43. The predicted molar refractivity (Wildman–Crippen MR) is 55.7 cm³/mol. The number of aromatic nitrogens is 2. The molecule has 6 nitrogen and oxygen atoms in total. The molecule has 0 atom stereocenters. The summed E-state index contributed by atoms with van der Waals surface area (Å²) < 4.78 is 27.8. The Morgan fingerprint density at radius 1 is 1.53 bits per heavy atom. The quantitative estimate of drug-likeness (QED) is 0.749. The van der Waals surface area contributed by atoms with Gasteiger partial charge in [-0.3, -0.25) is 4.68 Å². The molecule has 84 valence electrons. The van der Waals surface area contributed by atoms with Crippen LogP contribution in [0.2, 0.25) is 0 Å². The Labute approximate surface area is 88.5 Å². The number of nitrogens with two attached hydrogens (primary N) is 1. The summed E-state index contributed by atoms with van der Waals surface area (Å²) in [6, 6.07) is 0.0778. The van der Waals surface area contributed by atoms with Gasteiger partial charge in [-0.2, -0.15) is 5.10 Å². The Morgan fingerprint density at radius 2 is 2.13 bits per heavy atom. The lowest BCUT2D eigenvalue weighted by Crippen LogP contribution is -2.26. The molecule has 1 aliphatic carbocycles. The van der Waals surface area contributed by atoms with Crippen LogP contribution in [-0.4, -0.2) is 24.2 Å². The molecule has 0 aliphatic heterocycles. The molecule has 3 N–H and O–H groups in total. The summed E-state index contributed by atoms with van der Waals surface area (Å²) in [7, 11) is -1.83. The minimum Gasteiger partial charge on any atom is -0.381 e. The van der Waals surface area contributed by atoms with E-state index >= 15 is 0 Å². The standard InChI is InChI=1S/C8H14N4O2S/c1-5-7(8(9)10-12(5)2)15(13,14)11-6-3-4-6/h6,11H,3-4H2,1-2H3,(H2,9,10). The first-order chi connectivity index (χ1) is 6.92. The first-order valence-electron chi connectivity index (χ1n) is 4.73. The number of nitrogens with one attached hydrogen (secondary N) is 1. The van der Waals surface area contributed by atoms with Crippen LogP contribution in [0.3, 0.4) is 0 Å². The van der Waals surface area contributed by atoms with Crippen LogP contribution in [-0.2, 0) is 17.1 Å². The van der Waals surface area contributed by atoms with Gasteiger partial charge in [0.2, 0.25) is 10.0 Å². The molecule has 0 unspecified atom stereocenters. The van der Waals surface area contributed by atoms with Crippen LogP contribution in [0.4, 0.5) is 5.82 Å². The molecule has 1 heterocycles. The van der Waals surface area contributed by atoms with E-state index in [0.717, 1.165) is 12.8 Å². The molecule has 15 heavy (non-hydrogen) atoms. The summed E-state index contributed by atoms with van der Waals surface area (Å²) in [5.41, 5.74) is 6.13. The van der Waals surface area contributed by atoms with Gasteiger partial charge in [-0.05, 0) is 19.8 Å². The maximum absolute atomic E-state index is 11.9. The number of nitrogen functional groups attached to an aromatic ring is 1. The highest BCUT2D eigenvalue weighted by molar-refractivity contribution is 7.89. The van der Waals surface area contributed by atoms with Crippen molar-refractivity contribution < 1.29 is 8.42 Å². The molecule has 0 radical (unpaired) electrons. The Balaban J connectivity index is 2.42. The second-order valence-electron chi connectivity index (χ2n) is 3.82. The summed E-state index contributed by atoms with van der Waals surface area (Å²) in [6.45, 7) is 1.69. The Hall–Kier alpha value is -1.08. The second-order valence-corrected chi connectivity index (χ2v) is 5.47. The molecule has 7 heteroatoms. The van der Waals surface area contributed by atoms with Crippen molar-refractivity contribution in [3.63, 3.8) is 0 Å². The van der Waals surface area contributed by atoms with Gasteiger partial charge in [0.15, 0.2) is 5.82 Å². The molecule has 0 aromatic carbocycles. The minimum absolute atomic E-state index is 0.0585. The molecule has 0 saturated heterocycles. The van der Waals surface area contributed by atoms with Crippen molar-refractivity contribution in [3.8, 4) is 0 Å². The van der Waals surface area contributed by atoms with E-state index in [9.17, 15) is 8.42 Å². The lowest BCUT2D eigenvalue weighted by Gasteiger charge is -2.04. The van der Waals surface area contributed by atoms with Crippen molar-refractivity contribution in [3.05, 3.63) is 5.69 Å². The fourth-order valence-corrected chi connectivity index (χ4v) is 3.06. The van der Waals surface area contributed by atoms with Crippen LogP contribution >= 0.6 is 0 Å². The topological polar surface area (TPSA) is 90.0 Å². The third-order valence-corrected chi connectivity index (χ3v) is 4.16. The van der Waals surface area contributed by atoms with Crippen LogP contribution in [0, 0.1) is 6.92 Å². The molecule has 2 rings (SSSR count). The molecule has 0 spiro atoms. The highest BCUT2D eigenvalue weighted by Crippen LogP contribution is 2.26. The van der Waals surface area contributed by atoms with Gasteiger partial charge in [-0.15, -0.1) is 0 Å². The maximum Gasteiger partial charge on any atom is 0.246 e. The Morgan fingerprint density at radius 3 is 2.53 bits per heavy atom. The zero-order valence-electron chi connectivity index (χ0n) is 8.69. The second kappa shape index (κ2) is 3.21. The van der Waals surface area contributed by atoms with Crippen molar-refractivity contribution in [2.24, 2.45) is 7.05 Å². The van der Waals surface area contributed by atoms with Crippen molar-refractivity contribution in [2.45, 2.75) is 30.7 Å². The molecule has 0 bridgehead atoms. The third kappa shape index (κ3) is 1.84. The van der Waals surface area contributed by atoms with Crippen molar-refractivity contribution >= 4 is 15.8 Å². The van der Waals surface area contributed by atoms with E-state index in [1.807, 2.05) is 0 Å². The first-order valence-corrected chi connectivity index (χ1v) is 6.21. The number of aryl methyl sites for hydroxylation is 1. The predicted octanol–water partition coefficient (Wildman–Crippen LogP) is -0.249. The smallest absolute Gasteiger partial charge is 0.246 e. The minimum atomic E-state index is -3.50. The lowest BCUT2D eigenvalue weighted by molar-refractivity contribution is 0.580. The number of hydrogen-bond donors (Lipinski definition) is 2. The largest absolute Gasteiger partial charge is 0.381 e. The van der Waals surface area contributed by atoms with E-state index in [2.05, 4.69) is 9.82 Å². The molecule has 1 aromatic heterocycles. The van der Waals surface area contributed by atoms with E-state index < -0.39 is 10.0 Å². The Bertz CT molecular complexity index is 487. The SMILES string of the molecule is Cc1c(S(=O)(=O)NC2CC2)c(N)nn1C. The molecular formula is C8H14N4O2S. The molecule has 1 saturated carbocycles. The molecule has 1 aromatic rings. The van der Waals surface area contributed by atoms with E-state index in [-0.39, 0.29) is 16.8 Å². The van der Waals surface area contributed by atoms with Crippen molar-refractivity contribution in [1.29, 1.82) is 0 Å². The van der Waals surface area contributed by atoms with E-state index in [4.69, 9.17) is 5.73 Å². The third-order valence-electron chi connectivity index (χ3n) is 2.47. The summed E-state index contributed by atoms with van der Waals surface area (Å²) in [6.07, 6.45) is 1.80. The van der Waals surface area contributed by atoms with Crippen LogP contribution < -0.4 is 10.5 Å². The molecule has 1 fully saturated rings. The van der Waals surface area contributed by atoms with Gasteiger partial charge >= 0.3 is 0 Å². The Kier molecular flexibility index (Phi) is 2.23. The van der Waals surface area contributed by atoms with E-state index in [1.165, 1.54) is 4.68 Å².